The number of benzene rings is 1. The number of nitrogens with one attached hydrogen (secondary N) is 1. The molecule has 1 aromatic carbocycles. The second-order valence-electron chi connectivity index (χ2n) is 12.4. The predicted molar refractivity (Wildman–Crippen MR) is 155 cm³/mol. The van der Waals surface area contributed by atoms with Crippen LogP contribution >= 0.6 is 0 Å². The van der Waals surface area contributed by atoms with Crippen LogP contribution in [0.3, 0.4) is 0 Å². The Morgan fingerprint density at radius 2 is 1.71 bits per heavy atom. The minimum atomic E-state index is -0.504. The molecule has 2 bridgehead atoms. The van der Waals surface area contributed by atoms with Crippen molar-refractivity contribution in [2.45, 2.75) is 77.5 Å². The largest absolute Gasteiger partial charge is 0.340 e. The number of amides is 2. The SMILES string of the molecule is CC(C)N(C(=O)c1cc(F)ccc1-n1cc(C(=O)C2CN(C(=O)C3NC4CCC3CC4)C2)c2ccncc21)C(C)C. The van der Waals surface area contributed by atoms with Gasteiger partial charge in [0, 0.05) is 54.6 Å². The van der Waals surface area contributed by atoms with E-state index in [0.29, 0.717) is 47.2 Å². The summed E-state index contributed by atoms with van der Waals surface area (Å²) in [5.74, 6) is -0.606. The molecule has 2 aromatic heterocycles. The molecule has 2 amide bonds. The highest BCUT2D eigenvalue weighted by Gasteiger charge is 2.45. The van der Waals surface area contributed by atoms with Gasteiger partial charge >= 0.3 is 0 Å². The predicted octanol–water partition coefficient (Wildman–Crippen LogP) is 4.60. The Labute approximate surface area is 239 Å². The number of carbonyl (C=O) groups excluding carboxylic acids is 3. The molecule has 41 heavy (non-hydrogen) atoms. The Balaban J connectivity index is 1.29. The number of piperidine rings is 2. The van der Waals surface area contributed by atoms with Gasteiger partial charge in [-0.1, -0.05) is 0 Å². The van der Waals surface area contributed by atoms with E-state index < -0.39 is 5.82 Å². The van der Waals surface area contributed by atoms with Gasteiger partial charge in [0.1, 0.15) is 5.82 Å². The maximum atomic E-state index is 14.5. The second kappa shape index (κ2) is 10.7. The molecule has 3 aliphatic heterocycles. The van der Waals surface area contributed by atoms with Crippen molar-refractivity contribution in [3.63, 3.8) is 0 Å². The molecule has 9 heteroatoms. The van der Waals surface area contributed by atoms with Crippen LogP contribution in [-0.4, -0.2) is 74.2 Å². The number of pyridine rings is 1. The third-order valence-electron chi connectivity index (χ3n) is 9.16. The highest BCUT2D eigenvalue weighted by atomic mass is 19.1. The number of aromatic nitrogens is 2. The Morgan fingerprint density at radius 3 is 2.34 bits per heavy atom. The molecule has 7 rings (SSSR count). The molecule has 8 nitrogen and oxygen atoms in total. The van der Waals surface area contributed by atoms with E-state index in [2.05, 4.69) is 10.3 Å². The summed E-state index contributed by atoms with van der Waals surface area (Å²) in [6.45, 7) is 8.55. The van der Waals surface area contributed by atoms with Gasteiger partial charge in [0.05, 0.1) is 34.9 Å². The van der Waals surface area contributed by atoms with Gasteiger partial charge in [0.2, 0.25) is 5.91 Å². The normalized spacial score (nSPS) is 22.4. The summed E-state index contributed by atoms with van der Waals surface area (Å²) in [5, 5.41) is 4.24. The van der Waals surface area contributed by atoms with Crippen molar-refractivity contribution in [1.29, 1.82) is 0 Å². The van der Waals surface area contributed by atoms with E-state index in [1.54, 1.807) is 40.2 Å². The lowest BCUT2D eigenvalue weighted by molar-refractivity contribution is -0.142. The first-order valence-electron chi connectivity index (χ1n) is 14.8. The lowest BCUT2D eigenvalue weighted by Crippen LogP contribution is -2.63. The van der Waals surface area contributed by atoms with Crippen LogP contribution in [0.15, 0.2) is 42.9 Å². The quantitative estimate of drug-likeness (QED) is 0.428. The minimum Gasteiger partial charge on any atom is -0.340 e. The zero-order valence-electron chi connectivity index (χ0n) is 24.1. The lowest BCUT2D eigenvalue weighted by atomic mass is 9.75. The molecule has 1 N–H and O–H groups in total. The molecule has 1 saturated carbocycles. The lowest BCUT2D eigenvalue weighted by Gasteiger charge is -2.47. The molecule has 5 heterocycles. The first-order valence-corrected chi connectivity index (χ1v) is 14.8. The van der Waals surface area contributed by atoms with Crippen molar-refractivity contribution in [2.75, 3.05) is 13.1 Å². The molecule has 0 spiro atoms. The van der Waals surface area contributed by atoms with Crippen LogP contribution in [0.4, 0.5) is 4.39 Å². The smallest absolute Gasteiger partial charge is 0.256 e. The summed E-state index contributed by atoms with van der Waals surface area (Å²) >= 11 is 0. The first-order chi connectivity index (χ1) is 19.6. The van der Waals surface area contributed by atoms with Gasteiger partial charge in [-0.25, -0.2) is 4.39 Å². The Hall–Kier alpha value is -3.59. The van der Waals surface area contributed by atoms with Crippen LogP contribution < -0.4 is 5.32 Å². The second-order valence-corrected chi connectivity index (χ2v) is 12.4. The fraction of sp³-hybridized carbons (Fsp3) is 0.500. The average Bonchev–Trinajstić information content (AvgIpc) is 3.32. The van der Waals surface area contributed by atoms with Crippen LogP contribution in [0, 0.1) is 17.7 Å². The number of hydrogen-bond acceptors (Lipinski definition) is 5. The molecular weight excluding hydrogens is 521 g/mol. The molecule has 1 unspecified atom stereocenters. The van der Waals surface area contributed by atoms with E-state index >= 15 is 0 Å². The number of hydrogen-bond donors (Lipinski definition) is 1. The molecule has 4 fully saturated rings. The molecule has 3 aromatic rings. The summed E-state index contributed by atoms with van der Waals surface area (Å²) in [7, 11) is 0. The number of likely N-dealkylation sites (tertiary alicyclic amines) is 1. The molecule has 4 aliphatic rings. The maximum absolute atomic E-state index is 14.5. The van der Waals surface area contributed by atoms with Crippen LogP contribution in [0.1, 0.15) is 74.1 Å². The zero-order valence-corrected chi connectivity index (χ0v) is 24.1. The highest BCUT2D eigenvalue weighted by molar-refractivity contribution is 6.10. The maximum Gasteiger partial charge on any atom is 0.256 e. The molecule has 1 atom stereocenters. The standard InChI is InChI=1S/C32H38FN5O3/c1-18(2)38(19(3)4)31(40)25-13-22(33)7-10-27(25)37-17-26(24-11-12-34-14-28(24)37)30(39)21-15-36(16-21)32(41)29-20-5-8-23(35-29)9-6-20/h7,10-14,17-21,23,29,35H,5-6,8-9,15-16H2,1-4H3. The third-order valence-corrected chi connectivity index (χ3v) is 9.16. The molecule has 3 saturated heterocycles. The Morgan fingerprint density at radius 1 is 1.00 bits per heavy atom. The van der Waals surface area contributed by atoms with Crippen molar-refractivity contribution in [1.82, 2.24) is 24.7 Å². The molecular formula is C32H38FN5O3. The first kappa shape index (κ1) is 27.6. The number of Topliss-reactive ketones (excluding diaryl/α,β-unsaturated/α-hetero) is 1. The fourth-order valence-corrected chi connectivity index (χ4v) is 7.09. The zero-order chi connectivity index (χ0) is 29.0. The van der Waals surface area contributed by atoms with Crippen molar-refractivity contribution in [3.05, 3.63) is 59.8 Å². The van der Waals surface area contributed by atoms with Gasteiger partial charge in [0.25, 0.3) is 5.91 Å². The summed E-state index contributed by atoms with van der Waals surface area (Å²) in [4.78, 5) is 48.5. The van der Waals surface area contributed by atoms with Crippen LogP contribution in [0.25, 0.3) is 16.6 Å². The number of nitrogens with zero attached hydrogens (tertiary/aromatic N) is 4. The number of halogens is 1. The van der Waals surface area contributed by atoms with Gasteiger partial charge in [-0.2, -0.15) is 0 Å². The molecule has 216 valence electrons. The number of ketones is 1. The minimum absolute atomic E-state index is 0.0388. The van der Waals surface area contributed by atoms with Crippen molar-refractivity contribution >= 4 is 28.5 Å². The van der Waals surface area contributed by atoms with Crippen LogP contribution in [-0.2, 0) is 4.79 Å². The van der Waals surface area contributed by atoms with Gasteiger partial charge in [-0.3, -0.25) is 19.4 Å². The topological polar surface area (TPSA) is 87.5 Å². The molecule has 1 aliphatic carbocycles. The van der Waals surface area contributed by atoms with E-state index in [1.807, 2.05) is 32.6 Å². The number of rotatable bonds is 7. The number of fused-ring (bicyclic) bond motifs is 4. The van der Waals surface area contributed by atoms with E-state index in [4.69, 9.17) is 0 Å². The van der Waals surface area contributed by atoms with E-state index in [0.717, 1.165) is 25.7 Å². The van der Waals surface area contributed by atoms with Crippen molar-refractivity contribution < 1.29 is 18.8 Å². The van der Waals surface area contributed by atoms with E-state index in [-0.39, 0.29) is 47.2 Å². The summed E-state index contributed by atoms with van der Waals surface area (Å²) < 4.78 is 16.3. The average molecular weight is 560 g/mol. The Kier molecular flexibility index (Phi) is 7.18. The third kappa shape index (κ3) is 4.84. The summed E-state index contributed by atoms with van der Waals surface area (Å²) in [6.07, 6.45) is 9.51. The summed E-state index contributed by atoms with van der Waals surface area (Å²) in [6, 6.07) is 6.11. The summed E-state index contributed by atoms with van der Waals surface area (Å²) in [5.41, 5.74) is 1.89. The van der Waals surface area contributed by atoms with Gasteiger partial charge in [-0.15, -0.1) is 0 Å². The molecule has 0 radical (unpaired) electrons. The van der Waals surface area contributed by atoms with E-state index in [1.165, 1.54) is 12.1 Å². The van der Waals surface area contributed by atoms with E-state index in [9.17, 15) is 18.8 Å². The monoisotopic (exact) mass is 559 g/mol. The van der Waals surface area contributed by atoms with Gasteiger partial charge in [-0.05, 0) is 83.6 Å². The van der Waals surface area contributed by atoms with Gasteiger partial charge in [0.15, 0.2) is 5.78 Å². The van der Waals surface area contributed by atoms with Crippen molar-refractivity contribution in [2.24, 2.45) is 11.8 Å². The number of carbonyl (C=O) groups is 3. The Bertz CT molecular complexity index is 1490. The fourth-order valence-electron chi connectivity index (χ4n) is 7.09. The van der Waals surface area contributed by atoms with Crippen molar-refractivity contribution in [3.8, 4) is 5.69 Å². The van der Waals surface area contributed by atoms with Crippen LogP contribution in [0.5, 0.6) is 0 Å². The van der Waals surface area contributed by atoms with Crippen LogP contribution in [0.2, 0.25) is 0 Å². The highest BCUT2D eigenvalue weighted by Crippen LogP contribution is 2.36. The van der Waals surface area contributed by atoms with Gasteiger partial charge < -0.3 is 19.7 Å².